The molecular weight excluding hydrogens is 382 g/mol. The van der Waals surface area contributed by atoms with Crippen LogP contribution in [0.1, 0.15) is 29.4 Å². The average molecular weight is 403 g/mol. The quantitative estimate of drug-likeness (QED) is 0.456. The molecule has 0 aromatic carbocycles. The minimum Gasteiger partial charge on any atom is -0.451 e. The normalized spacial score (nSPS) is 18.2. The second-order valence-electron chi connectivity index (χ2n) is 7.30. The fourth-order valence-corrected chi connectivity index (χ4v) is 3.59. The van der Waals surface area contributed by atoms with E-state index in [2.05, 4.69) is 25.8 Å². The van der Waals surface area contributed by atoms with E-state index in [0.29, 0.717) is 34.9 Å². The fourth-order valence-electron chi connectivity index (χ4n) is 3.59. The molecule has 0 radical (unpaired) electrons. The Balaban J connectivity index is 1.41. The lowest BCUT2D eigenvalue weighted by Crippen LogP contribution is -2.40. The highest BCUT2D eigenvalue weighted by Crippen LogP contribution is 2.35. The van der Waals surface area contributed by atoms with Gasteiger partial charge in [0.05, 0.1) is 29.2 Å². The first-order valence-electron chi connectivity index (χ1n) is 9.79. The Hall–Kier alpha value is -3.72. The van der Waals surface area contributed by atoms with Crippen molar-refractivity contribution in [3.63, 3.8) is 0 Å². The largest absolute Gasteiger partial charge is 0.451 e. The lowest BCUT2D eigenvalue weighted by atomic mass is 9.87. The minimum absolute atomic E-state index is 0.213. The molecular formula is C21H21N7O2. The number of rotatable bonds is 6. The number of pyridine rings is 1. The van der Waals surface area contributed by atoms with E-state index >= 15 is 0 Å². The molecule has 4 aromatic rings. The molecule has 1 saturated carbocycles. The lowest BCUT2D eigenvalue weighted by Gasteiger charge is -2.35. The number of H-pyrrole nitrogens is 1. The van der Waals surface area contributed by atoms with Gasteiger partial charge in [0, 0.05) is 24.6 Å². The van der Waals surface area contributed by atoms with E-state index in [9.17, 15) is 4.79 Å². The molecule has 1 aliphatic carbocycles. The predicted molar refractivity (Wildman–Crippen MR) is 111 cm³/mol. The van der Waals surface area contributed by atoms with Crippen molar-refractivity contribution in [2.75, 3.05) is 12.4 Å². The van der Waals surface area contributed by atoms with Crippen molar-refractivity contribution in [2.24, 2.45) is 0 Å². The van der Waals surface area contributed by atoms with Crippen LogP contribution in [0.25, 0.3) is 22.7 Å². The number of furan rings is 1. The number of hydrogen-bond acceptors (Lipinski definition) is 6. The van der Waals surface area contributed by atoms with Gasteiger partial charge in [-0.3, -0.25) is 19.6 Å². The minimum atomic E-state index is -0.344. The second-order valence-corrected chi connectivity index (χ2v) is 7.30. The van der Waals surface area contributed by atoms with Crippen molar-refractivity contribution in [3.8, 4) is 22.7 Å². The number of anilines is 1. The lowest BCUT2D eigenvalue weighted by molar-refractivity contribution is 0.0997. The Kier molecular flexibility index (Phi) is 4.64. The summed E-state index contributed by atoms with van der Waals surface area (Å²) in [4.78, 5) is 17.2. The van der Waals surface area contributed by atoms with E-state index in [0.717, 1.165) is 18.4 Å². The third kappa shape index (κ3) is 3.39. The van der Waals surface area contributed by atoms with Crippen LogP contribution in [-0.2, 0) is 0 Å². The van der Waals surface area contributed by atoms with E-state index in [-0.39, 0.29) is 11.7 Å². The van der Waals surface area contributed by atoms with Crippen molar-refractivity contribution in [3.05, 3.63) is 60.9 Å². The number of carbonyl (C=O) groups excluding carboxylic acids is 1. The van der Waals surface area contributed by atoms with Crippen molar-refractivity contribution in [2.45, 2.75) is 24.9 Å². The molecule has 0 aliphatic heterocycles. The Bertz CT molecular complexity index is 1140. The second kappa shape index (κ2) is 7.60. The number of carbonyl (C=O) groups is 1. The molecule has 152 valence electrons. The summed E-state index contributed by atoms with van der Waals surface area (Å²) in [5.41, 5.74) is 2.72. The zero-order valence-electron chi connectivity index (χ0n) is 16.4. The van der Waals surface area contributed by atoms with Gasteiger partial charge in [0.2, 0.25) is 0 Å². The predicted octanol–water partition coefficient (Wildman–Crippen LogP) is 3.10. The van der Waals surface area contributed by atoms with Gasteiger partial charge in [0.15, 0.2) is 5.76 Å². The number of aromatic nitrogens is 5. The summed E-state index contributed by atoms with van der Waals surface area (Å²) in [6.07, 6.45) is 8.93. The molecule has 0 bridgehead atoms. The highest BCUT2D eigenvalue weighted by atomic mass is 16.3. The molecule has 0 unspecified atom stereocenters. The van der Waals surface area contributed by atoms with Gasteiger partial charge >= 0.3 is 0 Å². The van der Waals surface area contributed by atoms with Crippen LogP contribution < -0.4 is 10.6 Å². The van der Waals surface area contributed by atoms with Crippen LogP contribution in [0.4, 0.5) is 5.69 Å². The molecule has 1 amide bonds. The van der Waals surface area contributed by atoms with Gasteiger partial charge < -0.3 is 15.1 Å². The topological polar surface area (TPSA) is 114 Å². The van der Waals surface area contributed by atoms with Gasteiger partial charge in [-0.2, -0.15) is 10.2 Å². The molecule has 0 atom stereocenters. The first-order valence-corrected chi connectivity index (χ1v) is 9.79. The Morgan fingerprint density at radius 1 is 1.27 bits per heavy atom. The van der Waals surface area contributed by atoms with E-state index in [1.165, 1.54) is 0 Å². The zero-order chi connectivity index (χ0) is 20.5. The first kappa shape index (κ1) is 18.3. The van der Waals surface area contributed by atoms with E-state index < -0.39 is 0 Å². The van der Waals surface area contributed by atoms with E-state index in [4.69, 9.17) is 9.52 Å². The number of amides is 1. The zero-order valence-corrected chi connectivity index (χ0v) is 16.4. The number of hydrogen-bond donors (Lipinski definition) is 3. The third-order valence-electron chi connectivity index (χ3n) is 5.40. The van der Waals surface area contributed by atoms with Crippen LogP contribution in [-0.4, -0.2) is 44.0 Å². The van der Waals surface area contributed by atoms with Gasteiger partial charge in [0.25, 0.3) is 5.91 Å². The van der Waals surface area contributed by atoms with Gasteiger partial charge in [0.1, 0.15) is 11.5 Å². The summed E-state index contributed by atoms with van der Waals surface area (Å²) in [6, 6.07) is 9.82. The van der Waals surface area contributed by atoms with Crippen LogP contribution in [0.2, 0.25) is 0 Å². The van der Waals surface area contributed by atoms with Gasteiger partial charge in [-0.25, -0.2) is 0 Å². The van der Waals surface area contributed by atoms with Gasteiger partial charge in [-0.05, 0) is 44.2 Å². The SMILES string of the molecule is CNC1CC(n2cc(NC(=O)c3ccc(-c4cn[nH]c4)o3)c(-c3ccccn3)n2)C1. The molecule has 4 aromatic heterocycles. The summed E-state index contributed by atoms with van der Waals surface area (Å²) in [7, 11) is 1.97. The maximum absolute atomic E-state index is 12.8. The van der Waals surface area contributed by atoms with Crippen LogP contribution >= 0.6 is 0 Å². The van der Waals surface area contributed by atoms with Gasteiger partial charge in [-0.15, -0.1) is 0 Å². The molecule has 9 nitrogen and oxygen atoms in total. The van der Waals surface area contributed by atoms with Crippen LogP contribution in [0.5, 0.6) is 0 Å². The molecule has 5 rings (SSSR count). The van der Waals surface area contributed by atoms with Crippen LogP contribution in [0.3, 0.4) is 0 Å². The molecule has 3 N–H and O–H groups in total. The summed E-state index contributed by atoms with van der Waals surface area (Å²) in [5, 5.41) is 17.6. The van der Waals surface area contributed by atoms with Crippen molar-refractivity contribution >= 4 is 11.6 Å². The van der Waals surface area contributed by atoms with Crippen LogP contribution in [0.15, 0.2) is 59.5 Å². The summed E-state index contributed by atoms with van der Waals surface area (Å²) >= 11 is 0. The maximum Gasteiger partial charge on any atom is 0.291 e. The van der Waals surface area contributed by atoms with Crippen molar-refractivity contribution in [1.82, 2.24) is 30.3 Å². The Labute approximate surface area is 172 Å². The number of nitrogens with zero attached hydrogens (tertiary/aromatic N) is 4. The van der Waals surface area contributed by atoms with Crippen molar-refractivity contribution in [1.29, 1.82) is 0 Å². The molecule has 9 heteroatoms. The Morgan fingerprint density at radius 3 is 2.90 bits per heavy atom. The molecule has 30 heavy (non-hydrogen) atoms. The fraction of sp³-hybridized carbons (Fsp3) is 0.238. The molecule has 0 saturated heterocycles. The molecule has 1 aliphatic rings. The molecule has 1 fully saturated rings. The standard InChI is InChI=1S/C21H21N7O2/c1-22-14-8-15(9-14)28-12-17(20(27-28)16-4-2-3-7-23-16)26-21(29)19-6-5-18(30-19)13-10-24-25-11-13/h2-7,10-12,14-15,22H,8-9H2,1H3,(H,24,25)(H,26,29). The van der Waals surface area contributed by atoms with E-state index in [1.807, 2.05) is 36.1 Å². The average Bonchev–Trinajstić information content (AvgIpc) is 3.48. The van der Waals surface area contributed by atoms with E-state index in [1.54, 1.807) is 30.7 Å². The smallest absolute Gasteiger partial charge is 0.291 e. The number of nitrogens with one attached hydrogen (secondary N) is 3. The highest BCUT2D eigenvalue weighted by Gasteiger charge is 2.31. The van der Waals surface area contributed by atoms with Crippen LogP contribution in [0, 0.1) is 0 Å². The highest BCUT2D eigenvalue weighted by molar-refractivity contribution is 6.04. The Morgan fingerprint density at radius 2 is 2.17 bits per heavy atom. The van der Waals surface area contributed by atoms with Crippen molar-refractivity contribution < 1.29 is 9.21 Å². The summed E-state index contributed by atoms with van der Waals surface area (Å²) in [5.74, 6) is 0.440. The maximum atomic E-state index is 12.8. The third-order valence-corrected chi connectivity index (χ3v) is 5.40. The number of aromatic amines is 1. The summed E-state index contributed by atoms with van der Waals surface area (Å²) < 4.78 is 7.62. The van der Waals surface area contributed by atoms with Gasteiger partial charge in [-0.1, -0.05) is 6.07 Å². The molecule has 0 spiro atoms. The monoisotopic (exact) mass is 403 g/mol. The molecule has 4 heterocycles. The first-order chi connectivity index (χ1) is 14.7. The summed E-state index contributed by atoms with van der Waals surface area (Å²) in [6.45, 7) is 0.